The van der Waals surface area contributed by atoms with Crippen LogP contribution in [-0.4, -0.2) is 36.2 Å². The molecule has 0 saturated carbocycles. The topological polar surface area (TPSA) is 49.3 Å². The van der Waals surface area contributed by atoms with Crippen LogP contribution in [0.5, 0.6) is 0 Å². The van der Waals surface area contributed by atoms with Crippen LogP contribution >= 0.6 is 11.8 Å². The maximum Gasteiger partial charge on any atom is 0.321 e. The number of rotatable bonds is 4. The summed E-state index contributed by atoms with van der Waals surface area (Å²) in [5, 5.41) is 11.1. The molecule has 1 unspecified atom stereocenters. The van der Waals surface area contributed by atoms with Crippen molar-refractivity contribution in [2.75, 3.05) is 19.1 Å². The van der Waals surface area contributed by atoms with Crippen molar-refractivity contribution in [3.63, 3.8) is 0 Å². The van der Waals surface area contributed by atoms with E-state index in [2.05, 4.69) is 5.32 Å². The molecule has 0 aromatic rings. The first-order valence-electron chi connectivity index (χ1n) is 2.61. The number of carbonyl (C=O) groups is 1. The van der Waals surface area contributed by atoms with E-state index < -0.39 is 12.0 Å². The molecule has 0 aliphatic heterocycles. The molecule has 0 fully saturated rings. The van der Waals surface area contributed by atoms with E-state index in [9.17, 15) is 4.79 Å². The quantitative estimate of drug-likeness (QED) is 0.591. The largest absolute Gasteiger partial charge is 0.480 e. The minimum Gasteiger partial charge on any atom is -0.480 e. The Morgan fingerprint density at radius 1 is 1.89 bits per heavy atom. The first-order valence-corrected chi connectivity index (χ1v) is 4.00. The Balaban J connectivity index is 3.54. The number of hydrogen-bond donors (Lipinski definition) is 2. The average Bonchev–Trinajstić information content (AvgIpc) is 1.82. The zero-order chi connectivity index (χ0) is 7.28. The molecule has 9 heavy (non-hydrogen) atoms. The van der Waals surface area contributed by atoms with Gasteiger partial charge in [-0.1, -0.05) is 0 Å². The SMILES string of the molecule is CNC(CSC)C(=O)O. The van der Waals surface area contributed by atoms with Crippen LogP contribution in [0.15, 0.2) is 0 Å². The molecule has 0 aliphatic carbocycles. The molecule has 0 rings (SSSR count). The molecule has 2 N–H and O–H groups in total. The molecule has 1 atom stereocenters. The second-order valence-corrected chi connectivity index (χ2v) is 2.55. The van der Waals surface area contributed by atoms with Crippen LogP contribution in [0.4, 0.5) is 0 Å². The van der Waals surface area contributed by atoms with E-state index in [4.69, 9.17) is 5.11 Å². The molecule has 0 bridgehead atoms. The van der Waals surface area contributed by atoms with Gasteiger partial charge < -0.3 is 10.4 Å². The molecular weight excluding hydrogens is 138 g/mol. The van der Waals surface area contributed by atoms with Crippen LogP contribution in [-0.2, 0) is 4.79 Å². The van der Waals surface area contributed by atoms with Gasteiger partial charge in [-0.25, -0.2) is 0 Å². The van der Waals surface area contributed by atoms with E-state index in [-0.39, 0.29) is 0 Å². The fourth-order valence-electron chi connectivity index (χ4n) is 0.445. The fourth-order valence-corrected chi connectivity index (χ4v) is 1.09. The summed E-state index contributed by atoms with van der Waals surface area (Å²) in [5.74, 6) is -0.168. The van der Waals surface area contributed by atoms with Gasteiger partial charge in [0.1, 0.15) is 6.04 Å². The van der Waals surface area contributed by atoms with E-state index >= 15 is 0 Å². The van der Waals surface area contributed by atoms with Crippen LogP contribution in [0.3, 0.4) is 0 Å². The monoisotopic (exact) mass is 149 g/mol. The highest BCUT2D eigenvalue weighted by atomic mass is 32.2. The lowest BCUT2D eigenvalue weighted by Gasteiger charge is -2.07. The average molecular weight is 149 g/mol. The van der Waals surface area contributed by atoms with Crippen molar-refractivity contribution in [2.45, 2.75) is 6.04 Å². The molecule has 0 aromatic heterocycles. The predicted octanol–water partition coefficient (Wildman–Crippen LogP) is 0.0220. The van der Waals surface area contributed by atoms with E-state index in [1.165, 1.54) is 11.8 Å². The lowest BCUT2D eigenvalue weighted by Crippen LogP contribution is -2.35. The van der Waals surface area contributed by atoms with E-state index in [0.29, 0.717) is 5.75 Å². The van der Waals surface area contributed by atoms with Crippen LogP contribution in [0.2, 0.25) is 0 Å². The highest BCUT2D eigenvalue weighted by Gasteiger charge is 2.12. The Morgan fingerprint density at radius 2 is 2.44 bits per heavy atom. The molecule has 0 heterocycles. The number of nitrogens with one attached hydrogen (secondary N) is 1. The highest BCUT2D eigenvalue weighted by Crippen LogP contribution is 1.95. The molecule has 54 valence electrons. The summed E-state index contributed by atoms with van der Waals surface area (Å²) in [6.45, 7) is 0. The normalized spacial score (nSPS) is 13.1. The molecule has 3 nitrogen and oxygen atoms in total. The van der Waals surface area contributed by atoms with Crippen molar-refractivity contribution in [3.05, 3.63) is 0 Å². The predicted molar refractivity (Wildman–Crippen MR) is 38.9 cm³/mol. The van der Waals surface area contributed by atoms with E-state index in [1.807, 2.05) is 6.26 Å². The summed E-state index contributed by atoms with van der Waals surface area (Å²) < 4.78 is 0. The van der Waals surface area contributed by atoms with Gasteiger partial charge in [-0.3, -0.25) is 4.79 Å². The maximum atomic E-state index is 10.2. The van der Waals surface area contributed by atoms with Gasteiger partial charge >= 0.3 is 5.97 Å². The maximum absolute atomic E-state index is 10.2. The number of hydrogen-bond acceptors (Lipinski definition) is 3. The van der Waals surface area contributed by atoms with Gasteiger partial charge in [-0.05, 0) is 13.3 Å². The van der Waals surface area contributed by atoms with Gasteiger partial charge in [0, 0.05) is 5.75 Å². The Labute approximate surface area is 58.8 Å². The number of aliphatic carboxylic acids is 1. The molecule has 0 amide bonds. The first kappa shape index (κ1) is 8.78. The van der Waals surface area contributed by atoms with Gasteiger partial charge in [0.2, 0.25) is 0 Å². The van der Waals surface area contributed by atoms with Crippen LogP contribution in [0, 0.1) is 0 Å². The van der Waals surface area contributed by atoms with Crippen LogP contribution in [0.25, 0.3) is 0 Å². The Bertz CT molecular complexity index is 97.0. The van der Waals surface area contributed by atoms with Crippen LogP contribution in [0.1, 0.15) is 0 Å². The highest BCUT2D eigenvalue weighted by molar-refractivity contribution is 7.98. The van der Waals surface area contributed by atoms with Crippen molar-refractivity contribution in [1.29, 1.82) is 0 Å². The fraction of sp³-hybridized carbons (Fsp3) is 0.800. The summed E-state index contributed by atoms with van der Waals surface area (Å²) >= 11 is 1.52. The minimum atomic E-state index is -0.785. The summed E-state index contributed by atoms with van der Waals surface area (Å²) in [4.78, 5) is 10.2. The summed E-state index contributed by atoms with van der Waals surface area (Å²) in [7, 11) is 1.65. The third-order valence-corrected chi connectivity index (χ3v) is 1.65. The molecule has 0 saturated heterocycles. The second-order valence-electron chi connectivity index (χ2n) is 1.63. The zero-order valence-electron chi connectivity index (χ0n) is 5.55. The van der Waals surface area contributed by atoms with Crippen LogP contribution < -0.4 is 5.32 Å². The molecule has 4 heteroatoms. The summed E-state index contributed by atoms with van der Waals surface area (Å²) in [6.07, 6.45) is 1.88. The Morgan fingerprint density at radius 3 is 2.56 bits per heavy atom. The third-order valence-electron chi connectivity index (χ3n) is 0.980. The van der Waals surface area contributed by atoms with Gasteiger partial charge in [0.05, 0.1) is 0 Å². The molecule has 0 aromatic carbocycles. The van der Waals surface area contributed by atoms with E-state index in [1.54, 1.807) is 7.05 Å². The summed E-state index contributed by atoms with van der Waals surface area (Å²) in [5.41, 5.74) is 0. The minimum absolute atomic E-state index is 0.403. The lowest BCUT2D eigenvalue weighted by molar-refractivity contribution is -0.138. The zero-order valence-corrected chi connectivity index (χ0v) is 6.36. The summed E-state index contributed by atoms with van der Waals surface area (Å²) in [6, 6.07) is -0.403. The van der Waals surface area contributed by atoms with Gasteiger partial charge in [0.25, 0.3) is 0 Å². The van der Waals surface area contributed by atoms with Gasteiger partial charge in [-0.2, -0.15) is 11.8 Å². The molecular formula is C5H11NO2S. The molecule has 0 aliphatic rings. The molecule has 0 radical (unpaired) electrons. The van der Waals surface area contributed by atoms with Crippen molar-refractivity contribution in [2.24, 2.45) is 0 Å². The number of thioether (sulfide) groups is 1. The number of carboxylic acids is 1. The first-order chi connectivity index (χ1) is 4.22. The van der Waals surface area contributed by atoms with Crippen molar-refractivity contribution in [3.8, 4) is 0 Å². The smallest absolute Gasteiger partial charge is 0.321 e. The molecule has 0 spiro atoms. The lowest BCUT2D eigenvalue weighted by atomic mass is 10.3. The Hall–Kier alpha value is -0.220. The number of likely N-dealkylation sites (N-methyl/N-ethyl adjacent to an activating group) is 1. The van der Waals surface area contributed by atoms with Crippen molar-refractivity contribution in [1.82, 2.24) is 5.32 Å². The Kier molecular flexibility index (Phi) is 4.53. The van der Waals surface area contributed by atoms with Crippen molar-refractivity contribution >= 4 is 17.7 Å². The third kappa shape index (κ3) is 3.37. The second kappa shape index (κ2) is 4.64. The van der Waals surface area contributed by atoms with Gasteiger partial charge in [0.15, 0.2) is 0 Å². The van der Waals surface area contributed by atoms with E-state index in [0.717, 1.165) is 0 Å². The van der Waals surface area contributed by atoms with Gasteiger partial charge in [-0.15, -0.1) is 0 Å². The number of carboxylic acid groups (broad SMARTS) is 1. The van der Waals surface area contributed by atoms with Crippen molar-refractivity contribution < 1.29 is 9.90 Å². The standard InChI is InChI=1S/C5H11NO2S/c1-6-4(3-9-2)5(7)8/h4,6H,3H2,1-2H3,(H,7,8).